The SMILES string of the molecule is Brc1cc(CNC2[C@H]3CCC[C@H]2CN(C2CC2)C3)cs1. The molecule has 2 bridgehead atoms. The molecule has 2 atom stereocenters. The molecule has 0 spiro atoms. The van der Waals surface area contributed by atoms with E-state index in [0.29, 0.717) is 0 Å². The predicted octanol–water partition coefficient (Wildman–Crippen LogP) is 3.86. The Morgan fingerprint density at radius 1 is 1.20 bits per heavy atom. The highest BCUT2D eigenvalue weighted by molar-refractivity contribution is 9.11. The average molecular weight is 355 g/mol. The van der Waals surface area contributed by atoms with Crippen molar-refractivity contribution in [3.8, 4) is 0 Å². The number of nitrogens with zero attached hydrogens (tertiary/aromatic N) is 1. The van der Waals surface area contributed by atoms with Gasteiger partial charge in [-0.2, -0.15) is 0 Å². The summed E-state index contributed by atoms with van der Waals surface area (Å²) in [5.41, 5.74) is 1.43. The Labute approximate surface area is 134 Å². The van der Waals surface area contributed by atoms with Gasteiger partial charge in [-0.05, 0) is 70.5 Å². The maximum atomic E-state index is 3.89. The van der Waals surface area contributed by atoms with Crippen molar-refractivity contribution < 1.29 is 0 Å². The van der Waals surface area contributed by atoms with Crippen LogP contribution in [0, 0.1) is 11.8 Å². The van der Waals surface area contributed by atoms with Gasteiger partial charge in [0.05, 0.1) is 3.79 Å². The lowest BCUT2D eigenvalue weighted by molar-refractivity contribution is 0.0413. The fourth-order valence-corrected chi connectivity index (χ4v) is 5.43. The van der Waals surface area contributed by atoms with Gasteiger partial charge in [0, 0.05) is 31.7 Å². The summed E-state index contributed by atoms with van der Waals surface area (Å²) >= 11 is 5.35. The number of halogens is 1. The molecule has 20 heavy (non-hydrogen) atoms. The third kappa shape index (κ3) is 2.85. The van der Waals surface area contributed by atoms with Crippen LogP contribution in [-0.2, 0) is 6.54 Å². The van der Waals surface area contributed by atoms with E-state index in [4.69, 9.17) is 0 Å². The number of hydrogen-bond donors (Lipinski definition) is 1. The van der Waals surface area contributed by atoms with E-state index in [9.17, 15) is 0 Å². The van der Waals surface area contributed by atoms with Gasteiger partial charge in [0.15, 0.2) is 0 Å². The highest BCUT2D eigenvalue weighted by atomic mass is 79.9. The summed E-state index contributed by atoms with van der Waals surface area (Å²) in [5.74, 6) is 1.79. The molecule has 0 amide bonds. The number of likely N-dealkylation sites (tertiary alicyclic amines) is 1. The molecule has 1 saturated heterocycles. The van der Waals surface area contributed by atoms with E-state index in [0.717, 1.165) is 30.5 Å². The largest absolute Gasteiger partial charge is 0.309 e. The summed E-state index contributed by atoms with van der Waals surface area (Å²) in [5, 5.41) is 6.16. The lowest BCUT2D eigenvalue weighted by Crippen LogP contribution is -2.57. The normalized spacial score (nSPS) is 34.4. The van der Waals surface area contributed by atoms with Crippen LogP contribution in [-0.4, -0.2) is 30.1 Å². The van der Waals surface area contributed by atoms with Gasteiger partial charge in [-0.25, -0.2) is 0 Å². The zero-order chi connectivity index (χ0) is 13.5. The molecule has 3 fully saturated rings. The number of nitrogens with one attached hydrogen (secondary N) is 1. The van der Waals surface area contributed by atoms with Gasteiger partial charge >= 0.3 is 0 Å². The van der Waals surface area contributed by atoms with E-state index < -0.39 is 0 Å². The molecule has 3 aliphatic rings. The average Bonchev–Trinajstić information content (AvgIpc) is 3.19. The molecule has 1 aliphatic heterocycles. The molecule has 2 heterocycles. The van der Waals surface area contributed by atoms with Crippen molar-refractivity contribution in [3.63, 3.8) is 0 Å². The van der Waals surface area contributed by atoms with Gasteiger partial charge < -0.3 is 5.32 Å². The molecular weight excluding hydrogens is 332 g/mol. The second kappa shape index (κ2) is 5.71. The molecule has 4 heteroatoms. The van der Waals surface area contributed by atoms with E-state index in [1.54, 1.807) is 11.3 Å². The van der Waals surface area contributed by atoms with Crippen molar-refractivity contribution in [2.75, 3.05) is 13.1 Å². The van der Waals surface area contributed by atoms with Gasteiger partial charge in [-0.15, -0.1) is 11.3 Å². The molecule has 1 N–H and O–H groups in total. The second-order valence-electron chi connectivity index (χ2n) is 6.80. The number of thiophene rings is 1. The Kier molecular flexibility index (Phi) is 3.92. The molecule has 2 aliphatic carbocycles. The van der Waals surface area contributed by atoms with Crippen LogP contribution >= 0.6 is 27.3 Å². The first-order valence-electron chi connectivity index (χ1n) is 8.00. The van der Waals surface area contributed by atoms with Crippen LogP contribution in [0.1, 0.15) is 37.7 Å². The van der Waals surface area contributed by atoms with Crippen LogP contribution in [0.3, 0.4) is 0 Å². The molecular formula is C16H23BrN2S. The number of hydrogen-bond acceptors (Lipinski definition) is 3. The van der Waals surface area contributed by atoms with E-state index in [1.165, 1.54) is 54.5 Å². The number of rotatable bonds is 4. The summed E-state index contributed by atoms with van der Waals surface area (Å²) in [6, 6.07) is 3.97. The fraction of sp³-hybridized carbons (Fsp3) is 0.750. The van der Waals surface area contributed by atoms with Crippen molar-refractivity contribution in [2.45, 2.75) is 50.7 Å². The minimum atomic E-state index is 0.762. The third-order valence-electron chi connectivity index (χ3n) is 5.33. The molecule has 0 aromatic carbocycles. The van der Waals surface area contributed by atoms with E-state index >= 15 is 0 Å². The molecule has 110 valence electrons. The van der Waals surface area contributed by atoms with Gasteiger partial charge in [0.2, 0.25) is 0 Å². The van der Waals surface area contributed by atoms with E-state index in [2.05, 4.69) is 37.6 Å². The molecule has 2 saturated carbocycles. The van der Waals surface area contributed by atoms with Crippen LogP contribution in [0.2, 0.25) is 0 Å². The number of fused-ring (bicyclic) bond motifs is 2. The minimum absolute atomic E-state index is 0.762. The van der Waals surface area contributed by atoms with Crippen molar-refractivity contribution in [1.82, 2.24) is 10.2 Å². The topological polar surface area (TPSA) is 15.3 Å². The molecule has 1 aromatic rings. The highest BCUT2D eigenvalue weighted by Gasteiger charge is 2.43. The molecule has 0 unspecified atom stereocenters. The summed E-state index contributed by atoms with van der Waals surface area (Å²) in [6.45, 7) is 3.75. The first kappa shape index (κ1) is 13.7. The first-order chi connectivity index (χ1) is 9.79. The van der Waals surface area contributed by atoms with E-state index in [-0.39, 0.29) is 0 Å². The highest BCUT2D eigenvalue weighted by Crippen LogP contribution is 2.39. The summed E-state index contributed by atoms with van der Waals surface area (Å²) in [4.78, 5) is 2.80. The third-order valence-corrected chi connectivity index (χ3v) is 6.88. The van der Waals surface area contributed by atoms with Crippen molar-refractivity contribution in [1.29, 1.82) is 0 Å². The zero-order valence-electron chi connectivity index (χ0n) is 11.9. The van der Waals surface area contributed by atoms with Crippen molar-refractivity contribution in [3.05, 3.63) is 20.8 Å². The Balaban J connectivity index is 1.39. The van der Waals surface area contributed by atoms with Crippen molar-refractivity contribution in [2.24, 2.45) is 11.8 Å². The standard InChI is InChI=1S/C16H23BrN2S/c17-15-6-11(10-20-15)7-18-16-12-2-1-3-13(16)9-19(8-12)14-4-5-14/h6,10,12-14,16,18H,1-5,7-9H2/t12-,13-/m0/s1. The summed E-state index contributed by atoms with van der Waals surface area (Å²) < 4.78 is 1.25. The Bertz CT molecular complexity index is 457. The van der Waals surface area contributed by atoms with Crippen LogP contribution in [0.5, 0.6) is 0 Å². The van der Waals surface area contributed by atoms with Crippen LogP contribution < -0.4 is 5.32 Å². The Morgan fingerprint density at radius 3 is 2.55 bits per heavy atom. The summed E-state index contributed by atoms with van der Waals surface area (Å²) in [6.07, 6.45) is 7.24. The van der Waals surface area contributed by atoms with Crippen LogP contribution in [0.4, 0.5) is 0 Å². The first-order valence-corrected chi connectivity index (χ1v) is 9.67. The van der Waals surface area contributed by atoms with Crippen LogP contribution in [0.25, 0.3) is 0 Å². The Morgan fingerprint density at radius 2 is 1.95 bits per heavy atom. The smallest absolute Gasteiger partial charge is 0.0701 e. The summed E-state index contributed by atoms with van der Waals surface area (Å²) in [7, 11) is 0. The maximum absolute atomic E-state index is 3.89. The second-order valence-corrected chi connectivity index (χ2v) is 9.09. The molecule has 4 rings (SSSR count). The van der Waals surface area contributed by atoms with Crippen molar-refractivity contribution >= 4 is 27.3 Å². The monoisotopic (exact) mass is 354 g/mol. The Hall–Kier alpha value is 0.1000. The van der Waals surface area contributed by atoms with E-state index in [1.807, 2.05) is 0 Å². The van der Waals surface area contributed by atoms with Gasteiger partial charge in [-0.3, -0.25) is 4.90 Å². The molecule has 0 radical (unpaired) electrons. The lowest BCUT2D eigenvalue weighted by atomic mass is 9.73. The quantitative estimate of drug-likeness (QED) is 0.882. The fourth-order valence-electron chi connectivity index (χ4n) is 4.22. The van der Waals surface area contributed by atoms with Gasteiger partial charge in [0.25, 0.3) is 0 Å². The molecule has 1 aromatic heterocycles. The zero-order valence-corrected chi connectivity index (χ0v) is 14.3. The number of piperidine rings is 1. The maximum Gasteiger partial charge on any atom is 0.0701 e. The predicted molar refractivity (Wildman–Crippen MR) is 88.1 cm³/mol. The molecule has 2 nitrogen and oxygen atoms in total. The van der Waals surface area contributed by atoms with Gasteiger partial charge in [-0.1, -0.05) is 6.42 Å². The van der Waals surface area contributed by atoms with Crippen LogP contribution in [0.15, 0.2) is 15.2 Å². The minimum Gasteiger partial charge on any atom is -0.309 e. The van der Waals surface area contributed by atoms with Gasteiger partial charge in [0.1, 0.15) is 0 Å². The lowest BCUT2D eigenvalue weighted by Gasteiger charge is -2.48.